The molecule has 0 aliphatic heterocycles. The van der Waals surface area contributed by atoms with Gasteiger partial charge >= 0.3 is 0 Å². The lowest BCUT2D eigenvalue weighted by Gasteiger charge is -2.20. The molecule has 2 aromatic rings. The Morgan fingerprint density at radius 2 is 2.00 bits per heavy atom. The molecule has 118 valence electrons. The van der Waals surface area contributed by atoms with Gasteiger partial charge in [-0.3, -0.25) is 4.98 Å². The van der Waals surface area contributed by atoms with E-state index in [9.17, 15) is 4.39 Å². The molecule has 0 aliphatic rings. The predicted octanol–water partition coefficient (Wildman–Crippen LogP) is 3.75. The summed E-state index contributed by atoms with van der Waals surface area (Å²) in [4.78, 5) is 6.08. The molecule has 4 heteroatoms. The highest BCUT2D eigenvalue weighted by Gasteiger charge is 2.08. The van der Waals surface area contributed by atoms with Gasteiger partial charge in [-0.1, -0.05) is 25.5 Å². The highest BCUT2D eigenvalue weighted by molar-refractivity contribution is 5.49. The van der Waals surface area contributed by atoms with Crippen LogP contribution in [0.5, 0.6) is 0 Å². The van der Waals surface area contributed by atoms with Crippen molar-refractivity contribution in [2.24, 2.45) is 0 Å². The van der Waals surface area contributed by atoms with Gasteiger partial charge in [0, 0.05) is 39.1 Å². The van der Waals surface area contributed by atoms with E-state index in [4.69, 9.17) is 0 Å². The fourth-order valence-electron chi connectivity index (χ4n) is 2.33. The zero-order chi connectivity index (χ0) is 15.8. The lowest BCUT2D eigenvalue weighted by atomic mass is 10.1. The van der Waals surface area contributed by atoms with Crippen LogP contribution in [-0.4, -0.2) is 18.6 Å². The van der Waals surface area contributed by atoms with Crippen molar-refractivity contribution in [3.63, 3.8) is 0 Å². The van der Waals surface area contributed by atoms with Crippen LogP contribution in [0.4, 0.5) is 10.1 Å². The molecule has 1 aromatic carbocycles. The van der Waals surface area contributed by atoms with Gasteiger partial charge in [0.2, 0.25) is 0 Å². The smallest absolute Gasteiger partial charge is 0.146 e. The van der Waals surface area contributed by atoms with E-state index < -0.39 is 0 Å². The van der Waals surface area contributed by atoms with Crippen LogP contribution in [-0.2, 0) is 13.1 Å². The molecule has 0 aliphatic carbocycles. The number of nitrogens with one attached hydrogen (secondary N) is 1. The van der Waals surface area contributed by atoms with Crippen molar-refractivity contribution in [1.29, 1.82) is 0 Å². The SMILES string of the molecule is CCCCN(C)c1cc(CNCc2cccnc2)ccc1F. The summed E-state index contributed by atoms with van der Waals surface area (Å²) in [5.41, 5.74) is 2.91. The molecule has 0 saturated heterocycles. The Balaban J connectivity index is 1.94. The van der Waals surface area contributed by atoms with Crippen LogP contribution < -0.4 is 10.2 Å². The normalized spacial score (nSPS) is 10.7. The van der Waals surface area contributed by atoms with Crippen LogP contribution in [0.2, 0.25) is 0 Å². The molecule has 3 nitrogen and oxygen atoms in total. The Kier molecular flexibility index (Phi) is 6.34. The first-order valence-electron chi connectivity index (χ1n) is 7.80. The van der Waals surface area contributed by atoms with Crippen LogP contribution in [0.15, 0.2) is 42.7 Å². The quantitative estimate of drug-likeness (QED) is 0.805. The number of anilines is 1. The Morgan fingerprint density at radius 3 is 2.73 bits per heavy atom. The van der Waals surface area contributed by atoms with Gasteiger partial charge in [0.05, 0.1) is 5.69 Å². The van der Waals surface area contributed by atoms with E-state index in [1.54, 1.807) is 12.3 Å². The minimum Gasteiger partial charge on any atom is -0.372 e. The van der Waals surface area contributed by atoms with Gasteiger partial charge in [-0.2, -0.15) is 0 Å². The van der Waals surface area contributed by atoms with Crippen molar-refractivity contribution in [1.82, 2.24) is 10.3 Å². The number of pyridine rings is 1. The zero-order valence-electron chi connectivity index (χ0n) is 13.3. The van der Waals surface area contributed by atoms with Crippen molar-refractivity contribution in [3.05, 3.63) is 59.7 Å². The molecule has 0 fully saturated rings. The Morgan fingerprint density at radius 1 is 1.18 bits per heavy atom. The van der Waals surface area contributed by atoms with E-state index in [0.29, 0.717) is 12.2 Å². The number of hydrogen-bond donors (Lipinski definition) is 1. The first-order valence-corrected chi connectivity index (χ1v) is 7.80. The molecule has 1 heterocycles. The van der Waals surface area contributed by atoms with Crippen LogP contribution in [0.1, 0.15) is 30.9 Å². The fourth-order valence-corrected chi connectivity index (χ4v) is 2.33. The second kappa shape index (κ2) is 8.49. The summed E-state index contributed by atoms with van der Waals surface area (Å²) in [5, 5.41) is 3.37. The third kappa shape index (κ3) is 4.81. The monoisotopic (exact) mass is 301 g/mol. The van der Waals surface area contributed by atoms with Crippen molar-refractivity contribution >= 4 is 5.69 Å². The standard InChI is InChI=1S/C18H24FN3/c1-3-4-10-22(2)18-11-15(7-8-17(18)19)12-21-14-16-6-5-9-20-13-16/h5-9,11,13,21H,3-4,10,12,14H2,1-2H3. The van der Waals surface area contributed by atoms with E-state index in [2.05, 4.69) is 17.2 Å². The van der Waals surface area contributed by atoms with E-state index in [1.165, 1.54) is 0 Å². The van der Waals surface area contributed by atoms with Gasteiger partial charge in [0.25, 0.3) is 0 Å². The lowest BCUT2D eigenvalue weighted by molar-refractivity contribution is 0.616. The van der Waals surface area contributed by atoms with Crippen molar-refractivity contribution in [3.8, 4) is 0 Å². The molecule has 0 bridgehead atoms. The van der Waals surface area contributed by atoms with Gasteiger partial charge in [-0.25, -0.2) is 4.39 Å². The molecule has 0 unspecified atom stereocenters. The summed E-state index contributed by atoms with van der Waals surface area (Å²) < 4.78 is 14.0. The molecule has 0 radical (unpaired) electrons. The van der Waals surface area contributed by atoms with Crippen LogP contribution in [0.25, 0.3) is 0 Å². The maximum absolute atomic E-state index is 14.0. The van der Waals surface area contributed by atoms with Gasteiger partial charge in [0.1, 0.15) is 5.82 Å². The van der Waals surface area contributed by atoms with Crippen LogP contribution >= 0.6 is 0 Å². The van der Waals surface area contributed by atoms with Gasteiger partial charge < -0.3 is 10.2 Å². The molecule has 1 N–H and O–H groups in total. The summed E-state index contributed by atoms with van der Waals surface area (Å²) in [6, 6.07) is 9.28. The Labute approximate surface area is 132 Å². The van der Waals surface area contributed by atoms with E-state index in [-0.39, 0.29) is 5.82 Å². The molecule has 22 heavy (non-hydrogen) atoms. The first kappa shape index (κ1) is 16.4. The average molecular weight is 301 g/mol. The number of rotatable bonds is 8. The minimum atomic E-state index is -0.158. The Hall–Kier alpha value is -1.94. The number of benzene rings is 1. The molecule has 0 spiro atoms. The average Bonchev–Trinajstić information content (AvgIpc) is 2.55. The van der Waals surface area contributed by atoms with E-state index in [1.807, 2.05) is 42.4 Å². The summed E-state index contributed by atoms with van der Waals surface area (Å²) in [5.74, 6) is -0.158. The maximum atomic E-state index is 14.0. The molecular formula is C18H24FN3. The molecule has 0 atom stereocenters. The highest BCUT2D eigenvalue weighted by Crippen LogP contribution is 2.20. The molecule has 2 rings (SSSR count). The van der Waals surface area contributed by atoms with Gasteiger partial charge in [0.15, 0.2) is 0 Å². The number of aromatic nitrogens is 1. The number of hydrogen-bond acceptors (Lipinski definition) is 3. The van der Waals surface area contributed by atoms with Crippen molar-refractivity contribution < 1.29 is 4.39 Å². The highest BCUT2D eigenvalue weighted by atomic mass is 19.1. The third-order valence-corrected chi connectivity index (χ3v) is 3.65. The maximum Gasteiger partial charge on any atom is 0.146 e. The second-order valence-corrected chi connectivity index (χ2v) is 5.53. The van der Waals surface area contributed by atoms with E-state index >= 15 is 0 Å². The molecule has 0 amide bonds. The zero-order valence-corrected chi connectivity index (χ0v) is 13.3. The summed E-state index contributed by atoms with van der Waals surface area (Å²) >= 11 is 0. The van der Waals surface area contributed by atoms with Gasteiger partial charge in [-0.15, -0.1) is 0 Å². The molecular weight excluding hydrogens is 277 g/mol. The Bertz CT molecular complexity index is 572. The topological polar surface area (TPSA) is 28.2 Å². The third-order valence-electron chi connectivity index (χ3n) is 3.65. The van der Waals surface area contributed by atoms with Crippen LogP contribution in [0.3, 0.4) is 0 Å². The minimum absolute atomic E-state index is 0.158. The molecule has 0 saturated carbocycles. The summed E-state index contributed by atoms with van der Waals surface area (Å²) in [6.07, 6.45) is 5.79. The second-order valence-electron chi connectivity index (χ2n) is 5.53. The first-order chi connectivity index (χ1) is 10.7. The summed E-state index contributed by atoms with van der Waals surface area (Å²) in [7, 11) is 1.95. The largest absolute Gasteiger partial charge is 0.372 e. The number of halogens is 1. The van der Waals surface area contributed by atoms with Crippen LogP contribution in [0, 0.1) is 5.82 Å². The number of unbranched alkanes of at least 4 members (excludes halogenated alkanes) is 1. The fraction of sp³-hybridized carbons (Fsp3) is 0.389. The van der Waals surface area contributed by atoms with E-state index in [0.717, 1.165) is 37.1 Å². The summed E-state index contributed by atoms with van der Waals surface area (Å²) in [6.45, 7) is 4.49. The molecule has 1 aromatic heterocycles. The van der Waals surface area contributed by atoms with Crippen molar-refractivity contribution in [2.45, 2.75) is 32.9 Å². The van der Waals surface area contributed by atoms with Crippen molar-refractivity contribution in [2.75, 3.05) is 18.5 Å². The number of nitrogens with zero attached hydrogens (tertiary/aromatic N) is 2. The lowest BCUT2D eigenvalue weighted by Crippen LogP contribution is -2.20. The van der Waals surface area contributed by atoms with Gasteiger partial charge in [-0.05, 0) is 35.7 Å². The predicted molar refractivity (Wildman–Crippen MR) is 89.4 cm³/mol.